The first-order valence-electron chi connectivity index (χ1n) is 8.13. The van der Waals surface area contributed by atoms with Gasteiger partial charge in [0.25, 0.3) is 0 Å². The molecule has 0 spiro atoms. The average molecular weight is 313 g/mol. The van der Waals surface area contributed by atoms with Gasteiger partial charge in [-0.15, -0.1) is 11.6 Å². The largest absolute Gasteiger partial charge is 0.497 e. The first kappa shape index (κ1) is 16.6. The zero-order valence-electron chi connectivity index (χ0n) is 13.1. The second-order valence-electron chi connectivity index (χ2n) is 6.21. The molecule has 0 N–H and O–H groups in total. The number of benzene rings is 1. The quantitative estimate of drug-likeness (QED) is 0.576. The summed E-state index contributed by atoms with van der Waals surface area (Å²) in [6.45, 7) is 2.24. The van der Waals surface area contributed by atoms with Crippen molar-refractivity contribution in [1.29, 1.82) is 0 Å². The van der Waals surface area contributed by atoms with Gasteiger partial charge >= 0.3 is 0 Å². The smallest absolute Gasteiger partial charge is 0.131 e. The lowest BCUT2D eigenvalue weighted by Crippen LogP contribution is -2.18. The summed E-state index contributed by atoms with van der Waals surface area (Å²) in [4.78, 5) is 0. The molecular formula is C18H26ClFO. The Morgan fingerprint density at radius 1 is 1.29 bits per heavy atom. The van der Waals surface area contributed by atoms with Crippen LogP contribution in [0.15, 0.2) is 18.2 Å². The highest BCUT2D eigenvalue weighted by Crippen LogP contribution is 2.42. The van der Waals surface area contributed by atoms with Crippen molar-refractivity contribution in [3.63, 3.8) is 0 Å². The van der Waals surface area contributed by atoms with E-state index < -0.39 is 0 Å². The van der Waals surface area contributed by atoms with E-state index in [-0.39, 0.29) is 11.2 Å². The standard InChI is InChI=1S/C18H26ClFO/c1-3-4-5-13-6-8-14(9-7-13)18(19)16-11-10-15(21-2)12-17(16)20/h10-14,18H,3-9H2,1-2H3. The van der Waals surface area contributed by atoms with Crippen molar-refractivity contribution in [3.05, 3.63) is 29.6 Å². The van der Waals surface area contributed by atoms with E-state index in [1.54, 1.807) is 19.2 Å². The Hall–Kier alpha value is -0.760. The molecule has 0 amide bonds. The van der Waals surface area contributed by atoms with Gasteiger partial charge in [-0.3, -0.25) is 0 Å². The molecule has 1 fully saturated rings. The van der Waals surface area contributed by atoms with Gasteiger partial charge < -0.3 is 4.74 Å². The van der Waals surface area contributed by atoms with Crippen LogP contribution in [0.2, 0.25) is 0 Å². The molecule has 1 aliphatic carbocycles. The maximum Gasteiger partial charge on any atom is 0.131 e. The summed E-state index contributed by atoms with van der Waals surface area (Å²) in [6, 6.07) is 4.99. The molecule has 0 bridgehead atoms. The molecule has 21 heavy (non-hydrogen) atoms. The second-order valence-corrected chi connectivity index (χ2v) is 6.68. The molecule has 1 nitrogen and oxygen atoms in total. The van der Waals surface area contributed by atoms with Crippen molar-refractivity contribution in [2.45, 2.75) is 57.2 Å². The number of halogens is 2. The summed E-state index contributed by atoms with van der Waals surface area (Å²) >= 11 is 6.56. The number of alkyl halides is 1. The fraction of sp³-hybridized carbons (Fsp3) is 0.667. The van der Waals surface area contributed by atoms with Gasteiger partial charge in [0.05, 0.1) is 12.5 Å². The van der Waals surface area contributed by atoms with Crippen LogP contribution in [0.25, 0.3) is 0 Å². The lowest BCUT2D eigenvalue weighted by atomic mass is 9.77. The highest BCUT2D eigenvalue weighted by Gasteiger charge is 2.28. The molecule has 1 unspecified atom stereocenters. The molecule has 2 rings (SSSR count). The number of unbranched alkanes of at least 4 members (excludes halogenated alkanes) is 1. The Morgan fingerprint density at radius 3 is 2.57 bits per heavy atom. The van der Waals surface area contributed by atoms with Crippen LogP contribution in [0.1, 0.15) is 62.8 Å². The van der Waals surface area contributed by atoms with Crippen LogP contribution in [0.5, 0.6) is 5.75 Å². The van der Waals surface area contributed by atoms with Crippen molar-refractivity contribution in [3.8, 4) is 5.75 Å². The van der Waals surface area contributed by atoms with Gasteiger partial charge in [-0.1, -0.05) is 45.1 Å². The fourth-order valence-electron chi connectivity index (χ4n) is 3.37. The highest BCUT2D eigenvalue weighted by molar-refractivity contribution is 6.21. The molecule has 0 radical (unpaired) electrons. The van der Waals surface area contributed by atoms with Gasteiger partial charge in [-0.05, 0) is 30.7 Å². The van der Waals surface area contributed by atoms with Crippen molar-refractivity contribution in [2.24, 2.45) is 11.8 Å². The number of ether oxygens (including phenoxy) is 1. The summed E-state index contributed by atoms with van der Waals surface area (Å²) in [5.74, 6) is 1.55. The Bertz CT molecular complexity index is 441. The molecule has 1 aromatic rings. The molecule has 0 heterocycles. The van der Waals surface area contributed by atoms with Gasteiger partial charge in [0, 0.05) is 11.6 Å². The third-order valence-electron chi connectivity index (χ3n) is 4.78. The minimum atomic E-state index is -0.248. The van der Waals surface area contributed by atoms with Gasteiger partial charge in [-0.2, -0.15) is 0 Å². The molecule has 3 heteroatoms. The first-order chi connectivity index (χ1) is 10.2. The molecule has 1 saturated carbocycles. The molecule has 1 atom stereocenters. The summed E-state index contributed by atoms with van der Waals surface area (Å²) in [6.07, 6.45) is 8.66. The minimum absolute atomic E-state index is 0.219. The van der Waals surface area contributed by atoms with Crippen LogP contribution in [-0.2, 0) is 0 Å². The van der Waals surface area contributed by atoms with Gasteiger partial charge in [0.2, 0.25) is 0 Å². The predicted molar refractivity (Wildman–Crippen MR) is 86.5 cm³/mol. The van der Waals surface area contributed by atoms with E-state index in [0.29, 0.717) is 17.2 Å². The first-order valence-corrected chi connectivity index (χ1v) is 8.56. The SMILES string of the molecule is CCCCC1CCC(C(Cl)c2ccc(OC)cc2F)CC1. The highest BCUT2D eigenvalue weighted by atomic mass is 35.5. The number of methoxy groups -OCH3 is 1. The van der Waals surface area contributed by atoms with Crippen molar-refractivity contribution in [2.75, 3.05) is 7.11 Å². The third kappa shape index (κ3) is 4.35. The summed E-state index contributed by atoms with van der Waals surface area (Å²) in [7, 11) is 1.55. The number of hydrogen-bond acceptors (Lipinski definition) is 1. The predicted octanol–water partition coefficient (Wildman–Crippen LogP) is 6.11. The zero-order chi connectivity index (χ0) is 15.2. The number of hydrogen-bond donors (Lipinski definition) is 0. The topological polar surface area (TPSA) is 9.23 Å². The molecule has 0 aliphatic heterocycles. The number of rotatable bonds is 6. The molecule has 0 saturated heterocycles. The van der Waals surface area contributed by atoms with Crippen LogP contribution < -0.4 is 4.74 Å². The normalized spacial score (nSPS) is 23.8. The fourth-order valence-corrected chi connectivity index (χ4v) is 3.80. The Labute approximate surface area is 132 Å². The van der Waals surface area contributed by atoms with Crippen LogP contribution in [0.4, 0.5) is 4.39 Å². The zero-order valence-corrected chi connectivity index (χ0v) is 13.8. The molecule has 0 aromatic heterocycles. The summed E-state index contributed by atoms with van der Waals surface area (Å²) in [5, 5.41) is -0.219. The van der Waals surface area contributed by atoms with Gasteiger partial charge in [0.15, 0.2) is 0 Å². The van der Waals surface area contributed by atoms with Gasteiger partial charge in [-0.25, -0.2) is 4.39 Å². The maximum atomic E-state index is 14.1. The Balaban J connectivity index is 1.94. The Kier molecular flexibility index (Phi) is 6.35. The summed E-state index contributed by atoms with van der Waals surface area (Å²) in [5.41, 5.74) is 0.620. The van der Waals surface area contributed by atoms with E-state index in [4.69, 9.17) is 16.3 Å². The third-order valence-corrected chi connectivity index (χ3v) is 5.37. The molecule has 118 valence electrons. The van der Waals surface area contributed by atoms with E-state index >= 15 is 0 Å². The average Bonchev–Trinajstić information content (AvgIpc) is 2.52. The lowest BCUT2D eigenvalue weighted by Gasteiger charge is -2.31. The monoisotopic (exact) mass is 312 g/mol. The van der Waals surface area contributed by atoms with E-state index in [2.05, 4.69) is 6.92 Å². The Morgan fingerprint density at radius 2 is 2.00 bits per heavy atom. The van der Waals surface area contributed by atoms with Crippen LogP contribution in [0, 0.1) is 17.7 Å². The lowest BCUT2D eigenvalue weighted by molar-refractivity contribution is 0.252. The molecular weight excluding hydrogens is 287 g/mol. The van der Waals surface area contributed by atoms with Crippen LogP contribution >= 0.6 is 11.6 Å². The van der Waals surface area contributed by atoms with Crippen LogP contribution in [0.3, 0.4) is 0 Å². The second kappa shape index (κ2) is 8.03. The van der Waals surface area contributed by atoms with Crippen molar-refractivity contribution in [1.82, 2.24) is 0 Å². The van der Waals surface area contributed by atoms with Gasteiger partial charge in [0.1, 0.15) is 11.6 Å². The molecule has 1 aliphatic rings. The van der Waals surface area contributed by atoms with Crippen molar-refractivity contribution < 1.29 is 9.13 Å². The molecule has 1 aromatic carbocycles. The van der Waals surface area contributed by atoms with Crippen molar-refractivity contribution >= 4 is 11.6 Å². The van der Waals surface area contributed by atoms with E-state index in [1.807, 2.05) is 0 Å². The van der Waals surface area contributed by atoms with Crippen LogP contribution in [-0.4, -0.2) is 7.11 Å². The van der Waals surface area contributed by atoms with E-state index in [1.165, 1.54) is 38.2 Å². The minimum Gasteiger partial charge on any atom is -0.497 e. The maximum absolute atomic E-state index is 14.1. The van der Waals surface area contributed by atoms with E-state index in [0.717, 1.165) is 18.8 Å². The summed E-state index contributed by atoms with van der Waals surface area (Å²) < 4.78 is 19.2. The van der Waals surface area contributed by atoms with E-state index in [9.17, 15) is 4.39 Å².